The molecule has 0 aliphatic rings. The van der Waals surface area contributed by atoms with Crippen molar-refractivity contribution >= 4 is 5.78 Å². The maximum absolute atomic E-state index is 11.0. The molecule has 0 unspecified atom stereocenters. The third kappa shape index (κ3) is 3.13. The van der Waals surface area contributed by atoms with Gasteiger partial charge in [0.2, 0.25) is 0 Å². The number of hydrogen-bond donors (Lipinski definition) is 1. The van der Waals surface area contributed by atoms with Crippen LogP contribution in [0.4, 0.5) is 0 Å². The van der Waals surface area contributed by atoms with Gasteiger partial charge in [0.15, 0.2) is 5.78 Å². The second kappa shape index (κ2) is 4.64. The fourth-order valence-electron chi connectivity index (χ4n) is 1.11. The summed E-state index contributed by atoms with van der Waals surface area (Å²) in [7, 11) is 0. The van der Waals surface area contributed by atoms with Gasteiger partial charge in [0.25, 0.3) is 0 Å². The van der Waals surface area contributed by atoms with Gasteiger partial charge in [-0.25, -0.2) is 0 Å². The number of carbonyl (C=O) groups excluding carboxylic acids is 1. The van der Waals surface area contributed by atoms with Crippen molar-refractivity contribution in [2.24, 2.45) is 0 Å². The molecular weight excluding hydrogens is 192 g/mol. The SMILES string of the molecule is C=C(C)COc1ccc(C(C)=O)c(O)c1. The lowest BCUT2D eigenvalue weighted by atomic mass is 10.1. The van der Waals surface area contributed by atoms with E-state index in [1.165, 1.54) is 13.0 Å². The first-order valence-corrected chi connectivity index (χ1v) is 4.62. The fraction of sp³-hybridized carbons (Fsp3) is 0.250. The summed E-state index contributed by atoms with van der Waals surface area (Å²) >= 11 is 0. The van der Waals surface area contributed by atoms with Crippen LogP contribution in [0.15, 0.2) is 30.4 Å². The lowest BCUT2D eigenvalue weighted by Crippen LogP contribution is -1.98. The highest BCUT2D eigenvalue weighted by molar-refractivity contribution is 5.96. The van der Waals surface area contributed by atoms with Crippen LogP contribution in [0.1, 0.15) is 24.2 Å². The Morgan fingerprint density at radius 1 is 1.47 bits per heavy atom. The molecule has 0 atom stereocenters. The Balaban J connectivity index is 2.82. The molecule has 0 bridgehead atoms. The minimum atomic E-state index is -0.168. The average molecular weight is 206 g/mol. The lowest BCUT2D eigenvalue weighted by Gasteiger charge is -2.07. The summed E-state index contributed by atoms with van der Waals surface area (Å²) in [6.45, 7) is 7.36. The lowest BCUT2D eigenvalue weighted by molar-refractivity contribution is 0.101. The van der Waals surface area contributed by atoms with Crippen molar-refractivity contribution in [2.45, 2.75) is 13.8 Å². The molecule has 0 aliphatic heterocycles. The van der Waals surface area contributed by atoms with Crippen LogP contribution >= 0.6 is 0 Å². The van der Waals surface area contributed by atoms with Crippen LogP contribution in [0.25, 0.3) is 0 Å². The van der Waals surface area contributed by atoms with Gasteiger partial charge < -0.3 is 9.84 Å². The van der Waals surface area contributed by atoms with E-state index < -0.39 is 0 Å². The van der Waals surface area contributed by atoms with Gasteiger partial charge in [-0.2, -0.15) is 0 Å². The summed E-state index contributed by atoms with van der Waals surface area (Å²) in [5.41, 5.74) is 1.20. The van der Waals surface area contributed by atoms with Crippen LogP contribution < -0.4 is 4.74 Å². The average Bonchev–Trinajstić information content (AvgIpc) is 2.14. The number of phenolic OH excluding ortho intramolecular Hbond substituents is 1. The molecule has 3 nitrogen and oxygen atoms in total. The molecule has 0 aliphatic carbocycles. The van der Waals surface area contributed by atoms with Crippen LogP contribution in [-0.2, 0) is 0 Å². The molecule has 1 aromatic rings. The molecule has 0 fully saturated rings. The molecular formula is C12H14O3. The Bertz CT molecular complexity index is 394. The van der Waals surface area contributed by atoms with E-state index in [0.29, 0.717) is 17.9 Å². The van der Waals surface area contributed by atoms with Gasteiger partial charge in [-0.05, 0) is 31.6 Å². The van der Waals surface area contributed by atoms with E-state index in [1.54, 1.807) is 12.1 Å². The first-order chi connectivity index (χ1) is 7.00. The van der Waals surface area contributed by atoms with Crippen molar-refractivity contribution in [1.29, 1.82) is 0 Å². The predicted octanol–water partition coefficient (Wildman–Crippen LogP) is 2.55. The van der Waals surface area contributed by atoms with Gasteiger partial charge in [0.05, 0.1) is 5.56 Å². The molecule has 0 heterocycles. The summed E-state index contributed by atoms with van der Waals surface area (Å²) in [5.74, 6) is 0.307. The van der Waals surface area contributed by atoms with Crippen molar-refractivity contribution in [3.8, 4) is 11.5 Å². The molecule has 0 radical (unpaired) electrons. The molecule has 0 saturated heterocycles. The summed E-state index contributed by atoms with van der Waals surface area (Å²) in [6, 6.07) is 4.63. The summed E-state index contributed by atoms with van der Waals surface area (Å²) in [6.07, 6.45) is 0. The van der Waals surface area contributed by atoms with Gasteiger partial charge in [-0.3, -0.25) is 4.79 Å². The van der Waals surface area contributed by atoms with E-state index in [-0.39, 0.29) is 11.5 Å². The van der Waals surface area contributed by atoms with Gasteiger partial charge in [-0.1, -0.05) is 6.58 Å². The number of aromatic hydroxyl groups is 1. The maximum Gasteiger partial charge on any atom is 0.163 e. The smallest absolute Gasteiger partial charge is 0.163 e. The van der Waals surface area contributed by atoms with Crippen molar-refractivity contribution in [1.82, 2.24) is 0 Å². The number of ether oxygens (including phenoxy) is 1. The number of carbonyl (C=O) groups is 1. The molecule has 15 heavy (non-hydrogen) atoms. The molecule has 0 saturated carbocycles. The molecule has 3 heteroatoms. The zero-order chi connectivity index (χ0) is 11.4. The van der Waals surface area contributed by atoms with Crippen molar-refractivity contribution < 1.29 is 14.6 Å². The Hall–Kier alpha value is -1.77. The summed E-state index contributed by atoms with van der Waals surface area (Å²) < 4.78 is 5.31. The van der Waals surface area contributed by atoms with E-state index in [2.05, 4.69) is 6.58 Å². The maximum atomic E-state index is 11.0. The highest BCUT2D eigenvalue weighted by Crippen LogP contribution is 2.24. The number of rotatable bonds is 4. The van der Waals surface area contributed by atoms with E-state index in [0.717, 1.165) is 5.57 Å². The van der Waals surface area contributed by atoms with Gasteiger partial charge >= 0.3 is 0 Å². The number of phenols is 1. The summed E-state index contributed by atoms with van der Waals surface area (Å²) in [4.78, 5) is 11.0. The van der Waals surface area contributed by atoms with Crippen LogP contribution in [0.3, 0.4) is 0 Å². The van der Waals surface area contributed by atoms with E-state index >= 15 is 0 Å². The van der Waals surface area contributed by atoms with Crippen LogP contribution in [0, 0.1) is 0 Å². The summed E-state index contributed by atoms with van der Waals surface area (Å²) in [5, 5.41) is 9.50. The minimum Gasteiger partial charge on any atom is -0.507 e. The van der Waals surface area contributed by atoms with E-state index in [1.807, 2.05) is 6.92 Å². The molecule has 0 spiro atoms. The monoisotopic (exact) mass is 206 g/mol. The third-order valence-corrected chi connectivity index (χ3v) is 1.83. The number of Topliss-reactive ketones (excluding diaryl/α,β-unsaturated/α-hetero) is 1. The van der Waals surface area contributed by atoms with Crippen LogP contribution in [0.5, 0.6) is 11.5 Å². The van der Waals surface area contributed by atoms with Gasteiger partial charge in [-0.15, -0.1) is 0 Å². The standard InChI is InChI=1S/C12H14O3/c1-8(2)7-15-10-4-5-11(9(3)13)12(14)6-10/h4-6,14H,1,7H2,2-3H3. The third-order valence-electron chi connectivity index (χ3n) is 1.83. The van der Waals surface area contributed by atoms with Crippen LogP contribution in [-0.4, -0.2) is 17.5 Å². The highest BCUT2D eigenvalue weighted by atomic mass is 16.5. The second-order valence-electron chi connectivity index (χ2n) is 3.48. The van der Waals surface area contributed by atoms with Gasteiger partial charge in [0.1, 0.15) is 18.1 Å². The quantitative estimate of drug-likeness (QED) is 0.608. The normalized spacial score (nSPS) is 9.73. The van der Waals surface area contributed by atoms with Gasteiger partial charge in [0, 0.05) is 6.07 Å². The first kappa shape index (κ1) is 11.3. The minimum absolute atomic E-state index is 0.0540. The Morgan fingerprint density at radius 3 is 2.60 bits per heavy atom. The van der Waals surface area contributed by atoms with Crippen molar-refractivity contribution in [2.75, 3.05) is 6.61 Å². The molecule has 1 aromatic carbocycles. The zero-order valence-electron chi connectivity index (χ0n) is 8.91. The second-order valence-corrected chi connectivity index (χ2v) is 3.48. The number of benzene rings is 1. The van der Waals surface area contributed by atoms with E-state index in [4.69, 9.17) is 4.74 Å². The highest BCUT2D eigenvalue weighted by Gasteiger charge is 2.07. The number of ketones is 1. The molecule has 1 N–H and O–H groups in total. The van der Waals surface area contributed by atoms with E-state index in [9.17, 15) is 9.90 Å². The molecule has 1 rings (SSSR count). The number of hydrogen-bond acceptors (Lipinski definition) is 3. The van der Waals surface area contributed by atoms with Crippen molar-refractivity contribution in [3.05, 3.63) is 35.9 Å². The molecule has 0 aromatic heterocycles. The Morgan fingerprint density at radius 2 is 2.13 bits per heavy atom. The predicted molar refractivity (Wildman–Crippen MR) is 58.4 cm³/mol. The fourth-order valence-corrected chi connectivity index (χ4v) is 1.11. The Labute approximate surface area is 89.0 Å². The van der Waals surface area contributed by atoms with Crippen molar-refractivity contribution in [3.63, 3.8) is 0 Å². The van der Waals surface area contributed by atoms with Crippen LogP contribution in [0.2, 0.25) is 0 Å². The first-order valence-electron chi connectivity index (χ1n) is 4.62. The Kier molecular flexibility index (Phi) is 3.50. The molecule has 80 valence electrons. The topological polar surface area (TPSA) is 46.5 Å². The zero-order valence-corrected chi connectivity index (χ0v) is 8.91. The largest absolute Gasteiger partial charge is 0.507 e. The molecule has 0 amide bonds.